The Labute approximate surface area is 144 Å². The minimum Gasteiger partial charge on any atom is -0.309 e. The lowest BCUT2D eigenvalue weighted by molar-refractivity contribution is 1.18. The zero-order chi connectivity index (χ0) is 14.4. The Kier molecular flexibility index (Phi) is 3.27. The zero-order valence-corrected chi connectivity index (χ0v) is 14.8. The van der Waals surface area contributed by atoms with Crippen LogP contribution < -0.4 is 0 Å². The molecule has 0 unspecified atom stereocenters. The number of fused-ring (bicyclic) bond motifs is 3. The van der Waals surface area contributed by atoms with E-state index in [2.05, 4.69) is 110 Å². The molecule has 0 saturated heterocycles. The van der Waals surface area contributed by atoms with Gasteiger partial charge in [0.2, 0.25) is 0 Å². The standard InChI is InChI=1S/C18H11BrIN/c19-12-5-10-18-16(11-12)15-3-1-2-4-17(15)21(18)14-8-6-13(20)7-9-14/h1-11H. The predicted octanol–water partition coefficient (Wildman–Crippen LogP) is 6.15. The fraction of sp³-hybridized carbons (Fsp3) is 0. The van der Waals surface area contributed by atoms with E-state index in [1.807, 2.05) is 0 Å². The van der Waals surface area contributed by atoms with Crippen molar-refractivity contribution in [2.45, 2.75) is 0 Å². The third kappa shape index (κ3) is 2.19. The summed E-state index contributed by atoms with van der Waals surface area (Å²) in [5.41, 5.74) is 3.68. The number of benzene rings is 3. The van der Waals surface area contributed by atoms with Crippen LogP contribution in [-0.4, -0.2) is 4.57 Å². The lowest BCUT2D eigenvalue weighted by Gasteiger charge is -2.07. The van der Waals surface area contributed by atoms with Crippen molar-refractivity contribution in [2.75, 3.05) is 0 Å². The molecule has 1 heterocycles. The number of para-hydroxylation sites is 1. The molecule has 1 nitrogen and oxygen atoms in total. The number of halogens is 2. The van der Waals surface area contributed by atoms with Gasteiger partial charge in [-0.25, -0.2) is 0 Å². The first-order chi connectivity index (χ1) is 10.2. The molecule has 0 aliphatic rings. The second kappa shape index (κ2) is 5.14. The number of hydrogen-bond donors (Lipinski definition) is 0. The van der Waals surface area contributed by atoms with Crippen molar-refractivity contribution in [1.82, 2.24) is 4.57 Å². The highest BCUT2D eigenvalue weighted by Crippen LogP contribution is 2.33. The third-order valence-corrected chi connectivity index (χ3v) is 4.93. The number of nitrogens with zero attached hydrogens (tertiary/aromatic N) is 1. The van der Waals surface area contributed by atoms with Gasteiger partial charge >= 0.3 is 0 Å². The Bertz CT molecular complexity index is 954. The van der Waals surface area contributed by atoms with Crippen molar-refractivity contribution in [2.24, 2.45) is 0 Å². The molecule has 1 aromatic heterocycles. The Hall–Kier alpha value is -1.33. The molecular weight excluding hydrogens is 437 g/mol. The molecule has 0 aliphatic heterocycles. The van der Waals surface area contributed by atoms with Crippen LogP contribution in [0.5, 0.6) is 0 Å². The molecule has 3 heteroatoms. The van der Waals surface area contributed by atoms with Crippen molar-refractivity contribution in [3.8, 4) is 5.69 Å². The van der Waals surface area contributed by atoms with Crippen LogP contribution in [0.25, 0.3) is 27.5 Å². The quantitative estimate of drug-likeness (QED) is 0.308. The molecule has 0 atom stereocenters. The summed E-state index contributed by atoms with van der Waals surface area (Å²) >= 11 is 5.92. The molecule has 0 N–H and O–H groups in total. The van der Waals surface area contributed by atoms with Gasteiger partial charge in [0, 0.05) is 24.5 Å². The van der Waals surface area contributed by atoms with Crippen LogP contribution in [0.1, 0.15) is 0 Å². The third-order valence-electron chi connectivity index (χ3n) is 3.72. The topological polar surface area (TPSA) is 4.93 Å². The Morgan fingerprint density at radius 1 is 0.762 bits per heavy atom. The first-order valence-corrected chi connectivity index (χ1v) is 8.56. The Morgan fingerprint density at radius 2 is 1.48 bits per heavy atom. The summed E-state index contributed by atoms with van der Waals surface area (Å²) in [5, 5.41) is 2.56. The smallest absolute Gasteiger partial charge is 0.0541 e. The second-order valence-corrected chi connectivity index (χ2v) is 7.15. The van der Waals surface area contributed by atoms with Crippen LogP contribution in [0, 0.1) is 3.57 Å². The van der Waals surface area contributed by atoms with E-state index in [9.17, 15) is 0 Å². The van der Waals surface area contributed by atoms with Crippen LogP contribution in [0.2, 0.25) is 0 Å². The van der Waals surface area contributed by atoms with Gasteiger partial charge in [-0.05, 0) is 71.1 Å². The summed E-state index contributed by atoms with van der Waals surface area (Å²) in [7, 11) is 0. The maximum atomic E-state index is 3.58. The molecule has 3 aromatic carbocycles. The summed E-state index contributed by atoms with van der Waals surface area (Å²) in [4.78, 5) is 0. The summed E-state index contributed by atoms with van der Waals surface area (Å²) in [5.74, 6) is 0. The van der Waals surface area contributed by atoms with Gasteiger partial charge in [0.15, 0.2) is 0 Å². The highest BCUT2D eigenvalue weighted by atomic mass is 127. The minimum atomic E-state index is 1.11. The van der Waals surface area contributed by atoms with E-state index < -0.39 is 0 Å². The van der Waals surface area contributed by atoms with Gasteiger partial charge in [-0.15, -0.1) is 0 Å². The van der Waals surface area contributed by atoms with Gasteiger partial charge in [-0.1, -0.05) is 34.1 Å². The number of hydrogen-bond acceptors (Lipinski definition) is 0. The van der Waals surface area contributed by atoms with E-state index >= 15 is 0 Å². The first-order valence-electron chi connectivity index (χ1n) is 6.69. The average Bonchev–Trinajstić information content (AvgIpc) is 2.82. The molecule has 0 saturated carbocycles. The largest absolute Gasteiger partial charge is 0.309 e. The summed E-state index contributed by atoms with van der Waals surface area (Å²) in [6, 6.07) is 23.7. The lowest BCUT2D eigenvalue weighted by Crippen LogP contribution is -1.93. The van der Waals surface area contributed by atoms with Crippen molar-refractivity contribution >= 4 is 60.3 Å². The molecule has 102 valence electrons. The normalized spacial score (nSPS) is 11.3. The van der Waals surface area contributed by atoms with E-state index in [1.54, 1.807) is 0 Å². The summed E-state index contributed by atoms with van der Waals surface area (Å²) in [6.07, 6.45) is 0. The van der Waals surface area contributed by atoms with Gasteiger partial charge in [0.25, 0.3) is 0 Å². The van der Waals surface area contributed by atoms with Gasteiger partial charge < -0.3 is 4.57 Å². The van der Waals surface area contributed by atoms with E-state index in [1.165, 1.54) is 31.1 Å². The maximum Gasteiger partial charge on any atom is 0.0541 e. The number of aromatic nitrogens is 1. The molecular formula is C18H11BrIN. The molecule has 0 spiro atoms. The van der Waals surface area contributed by atoms with Crippen LogP contribution in [0.3, 0.4) is 0 Å². The zero-order valence-electron chi connectivity index (χ0n) is 11.1. The van der Waals surface area contributed by atoms with Crippen molar-refractivity contribution in [3.63, 3.8) is 0 Å². The lowest BCUT2D eigenvalue weighted by atomic mass is 10.2. The Balaban J connectivity index is 2.17. The highest BCUT2D eigenvalue weighted by Gasteiger charge is 2.11. The molecule has 0 aliphatic carbocycles. The van der Waals surface area contributed by atoms with Gasteiger partial charge in [-0.3, -0.25) is 0 Å². The number of rotatable bonds is 1. The maximum absolute atomic E-state index is 3.58. The SMILES string of the molecule is Brc1ccc2c(c1)c1ccccc1n2-c1ccc(I)cc1. The molecule has 0 radical (unpaired) electrons. The fourth-order valence-electron chi connectivity index (χ4n) is 2.81. The predicted molar refractivity (Wildman–Crippen MR) is 101 cm³/mol. The molecule has 0 amide bonds. The molecule has 21 heavy (non-hydrogen) atoms. The minimum absolute atomic E-state index is 1.11. The van der Waals surface area contributed by atoms with Crippen LogP contribution >= 0.6 is 38.5 Å². The molecule has 0 bridgehead atoms. The molecule has 4 rings (SSSR count). The average molecular weight is 448 g/mol. The second-order valence-electron chi connectivity index (χ2n) is 4.99. The van der Waals surface area contributed by atoms with Crippen molar-refractivity contribution in [3.05, 3.63) is 74.8 Å². The summed E-state index contributed by atoms with van der Waals surface area (Å²) in [6.45, 7) is 0. The van der Waals surface area contributed by atoms with E-state index in [0.717, 1.165) is 4.47 Å². The van der Waals surface area contributed by atoms with Crippen molar-refractivity contribution < 1.29 is 0 Å². The fourth-order valence-corrected chi connectivity index (χ4v) is 3.53. The van der Waals surface area contributed by atoms with E-state index in [4.69, 9.17) is 0 Å². The van der Waals surface area contributed by atoms with Gasteiger partial charge in [0.05, 0.1) is 11.0 Å². The monoisotopic (exact) mass is 447 g/mol. The highest BCUT2D eigenvalue weighted by molar-refractivity contribution is 14.1. The van der Waals surface area contributed by atoms with Gasteiger partial charge in [-0.2, -0.15) is 0 Å². The Morgan fingerprint density at radius 3 is 2.29 bits per heavy atom. The van der Waals surface area contributed by atoms with Crippen molar-refractivity contribution in [1.29, 1.82) is 0 Å². The van der Waals surface area contributed by atoms with E-state index in [-0.39, 0.29) is 0 Å². The molecule has 4 aromatic rings. The van der Waals surface area contributed by atoms with Crippen LogP contribution in [0.15, 0.2) is 71.2 Å². The van der Waals surface area contributed by atoms with Crippen LogP contribution in [0.4, 0.5) is 0 Å². The van der Waals surface area contributed by atoms with E-state index in [0.29, 0.717) is 0 Å². The molecule has 0 fully saturated rings. The first kappa shape index (κ1) is 13.3. The van der Waals surface area contributed by atoms with Crippen LogP contribution in [-0.2, 0) is 0 Å². The summed E-state index contributed by atoms with van der Waals surface area (Å²) < 4.78 is 4.69. The van der Waals surface area contributed by atoms with Gasteiger partial charge in [0.1, 0.15) is 0 Å².